The number of aryl methyl sites for hydroxylation is 2. The van der Waals surface area contributed by atoms with Gasteiger partial charge in [-0.1, -0.05) is 0 Å². The second kappa shape index (κ2) is 8.93. The van der Waals surface area contributed by atoms with Gasteiger partial charge >= 0.3 is 12.1 Å². The van der Waals surface area contributed by atoms with E-state index in [1.54, 1.807) is 39.4 Å². The molecule has 10 heteroatoms. The van der Waals surface area contributed by atoms with Crippen LogP contribution in [0, 0.1) is 13.8 Å². The predicted molar refractivity (Wildman–Crippen MR) is 99.4 cm³/mol. The average molecular weight is 386 g/mol. The fourth-order valence-corrected chi connectivity index (χ4v) is 2.86. The summed E-state index contributed by atoms with van der Waals surface area (Å²) in [6.45, 7) is 8.69. The fourth-order valence-electron chi connectivity index (χ4n) is 2.02. The Morgan fingerprint density at radius 1 is 1.31 bits per heavy atom. The van der Waals surface area contributed by atoms with Crippen LogP contribution in [0.1, 0.15) is 32.2 Å². The molecule has 0 fully saturated rings. The minimum absolute atomic E-state index is 0.0347. The largest absolute Gasteiger partial charge is 0.480 e. The third-order valence-electron chi connectivity index (χ3n) is 3.28. The lowest BCUT2D eigenvalue weighted by Crippen LogP contribution is -2.45. The number of carboxylic acids is 1. The van der Waals surface area contributed by atoms with Gasteiger partial charge in [-0.25, -0.2) is 9.59 Å². The Kier molecular flexibility index (Phi) is 7.49. The summed E-state index contributed by atoms with van der Waals surface area (Å²) in [4.78, 5) is 35.0. The van der Waals surface area contributed by atoms with Crippen molar-refractivity contribution in [2.75, 3.05) is 16.8 Å². The maximum absolute atomic E-state index is 12.1. The molecule has 1 aromatic heterocycles. The van der Waals surface area contributed by atoms with Crippen molar-refractivity contribution < 1.29 is 24.2 Å². The van der Waals surface area contributed by atoms with Gasteiger partial charge in [0, 0.05) is 12.8 Å². The summed E-state index contributed by atoms with van der Waals surface area (Å²) in [5.74, 6) is -1.38. The van der Waals surface area contributed by atoms with Gasteiger partial charge in [0.05, 0.1) is 22.8 Å². The molecule has 1 atom stereocenters. The molecule has 3 N–H and O–H groups in total. The number of hydrogen-bond acceptors (Lipinski definition) is 6. The Labute approximate surface area is 156 Å². The first kappa shape index (κ1) is 21.8. The molecule has 0 aromatic carbocycles. The minimum atomic E-state index is -1.19. The van der Waals surface area contributed by atoms with E-state index in [0.717, 1.165) is 17.5 Å². The van der Waals surface area contributed by atoms with E-state index >= 15 is 0 Å². The van der Waals surface area contributed by atoms with Gasteiger partial charge in [0.1, 0.15) is 11.6 Å². The smallest absolute Gasteiger partial charge is 0.408 e. The molecule has 26 heavy (non-hydrogen) atoms. The van der Waals surface area contributed by atoms with Crippen LogP contribution < -0.4 is 10.6 Å². The van der Waals surface area contributed by atoms with Crippen molar-refractivity contribution in [3.05, 3.63) is 11.4 Å². The Hall–Kier alpha value is -2.23. The molecular formula is C16H26N4O5S. The normalized spacial score (nSPS) is 12.4. The number of carbonyl (C=O) groups is 3. The predicted octanol–water partition coefficient (Wildman–Crippen LogP) is 1.69. The van der Waals surface area contributed by atoms with E-state index < -0.39 is 23.7 Å². The van der Waals surface area contributed by atoms with Crippen LogP contribution in [0.15, 0.2) is 0 Å². The van der Waals surface area contributed by atoms with Crippen molar-refractivity contribution in [2.45, 2.75) is 46.3 Å². The Bertz CT molecular complexity index is 681. The first-order valence-corrected chi connectivity index (χ1v) is 9.16. The SMILES string of the molecule is Cc1nn(C)c(C)c1NC(=O)CSCC(NC(=O)OC(C)(C)C)C(=O)O. The van der Waals surface area contributed by atoms with Crippen molar-refractivity contribution in [2.24, 2.45) is 7.05 Å². The van der Waals surface area contributed by atoms with Crippen LogP contribution in [0.5, 0.6) is 0 Å². The van der Waals surface area contributed by atoms with E-state index in [-0.39, 0.29) is 17.4 Å². The lowest BCUT2D eigenvalue weighted by atomic mass is 10.2. The molecular weight excluding hydrogens is 360 g/mol. The van der Waals surface area contributed by atoms with Crippen molar-refractivity contribution in [1.82, 2.24) is 15.1 Å². The van der Waals surface area contributed by atoms with Crippen LogP contribution in [0.25, 0.3) is 0 Å². The number of carboxylic acid groups (broad SMARTS) is 1. The van der Waals surface area contributed by atoms with Gasteiger partial charge in [0.2, 0.25) is 5.91 Å². The average Bonchev–Trinajstić information content (AvgIpc) is 2.70. The van der Waals surface area contributed by atoms with E-state index in [0.29, 0.717) is 11.4 Å². The number of aliphatic carboxylic acids is 1. The molecule has 0 saturated heterocycles. The van der Waals surface area contributed by atoms with Gasteiger partial charge in [-0.15, -0.1) is 11.8 Å². The zero-order valence-electron chi connectivity index (χ0n) is 15.9. The summed E-state index contributed by atoms with van der Waals surface area (Å²) < 4.78 is 6.71. The monoisotopic (exact) mass is 386 g/mol. The topological polar surface area (TPSA) is 123 Å². The van der Waals surface area contributed by atoms with Gasteiger partial charge in [-0.2, -0.15) is 5.10 Å². The van der Waals surface area contributed by atoms with Crippen molar-refractivity contribution in [1.29, 1.82) is 0 Å². The molecule has 146 valence electrons. The Morgan fingerprint density at radius 3 is 2.38 bits per heavy atom. The highest BCUT2D eigenvalue weighted by molar-refractivity contribution is 8.00. The van der Waals surface area contributed by atoms with E-state index in [1.807, 2.05) is 6.92 Å². The van der Waals surface area contributed by atoms with E-state index in [9.17, 15) is 19.5 Å². The van der Waals surface area contributed by atoms with Gasteiger partial charge < -0.3 is 20.5 Å². The van der Waals surface area contributed by atoms with Crippen molar-refractivity contribution >= 4 is 35.4 Å². The second-order valence-electron chi connectivity index (χ2n) is 6.77. The molecule has 0 saturated carbocycles. The summed E-state index contributed by atoms with van der Waals surface area (Å²) in [7, 11) is 1.78. The summed E-state index contributed by atoms with van der Waals surface area (Å²) in [6.07, 6.45) is -0.809. The number of aromatic nitrogens is 2. The molecule has 1 unspecified atom stereocenters. The van der Waals surface area contributed by atoms with Crippen molar-refractivity contribution in [3.63, 3.8) is 0 Å². The number of nitrogens with one attached hydrogen (secondary N) is 2. The first-order chi connectivity index (χ1) is 11.9. The van der Waals surface area contributed by atoms with Crippen LogP contribution in [-0.2, 0) is 21.4 Å². The fraction of sp³-hybridized carbons (Fsp3) is 0.625. The Balaban J connectivity index is 2.51. The van der Waals surface area contributed by atoms with Gasteiger partial charge in [-0.3, -0.25) is 9.48 Å². The zero-order chi connectivity index (χ0) is 20.1. The van der Waals surface area contributed by atoms with E-state index in [2.05, 4.69) is 15.7 Å². The maximum atomic E-state index is 12.1. The lowest BCUT2D eigenvalue weighted by molar-refractivity contribution is -0.138. The highest BCUT2D eigenvalue weighted by Crippen LogP contribution is 2.18. The maximum Gasteiger partial charge on any atom is 0.408 e. The number of alkyl carbamates (subject to hydrolysis) is 1. The molecule has 0 radical (unpaired) electrons. The summed E-state index contributed by atoms with van der Waals surface area (Å²) >= 11 is 1.11. The summed E-state index contributed by atoms with van der Waals surface area (Å²) in [5, 5.41) is 18.5. The summed E-state index contributed by atoms with van der Waals surface area (Å²) in [6, 6.07) is -1.15. The number of thioether (sulfide) groups is 1. The number of nitrogens with zero attached hydrogens (tertiary/aromatic N) is 2. The van der Waals surface area contributed by atoms with Crippen molar-refractivity contribution in [3.8, 4) is 0 Å². The number of rotatable bonds is 7. The molecule has 0 spiro atoms. The first-order valence-electron chi connectivity index (χ1n) is 8.01. The van der Waals surface area contributed by atoms with Crippen LogP contribution >= 0.6 is 11.8 Å². The number of anilines is 1. The molecule has 9 nitrogen and oxygen atoms in total. The molecule has 1 rings (SSSR count). The van der Waals surface area contributed by atoms with E-state index in [4.69, 9.17) is 4.74 Å². The second-order valence-corrected chi connectivity index (χ2v) is 7.80. The van der Waals surface area contributed by atoms with Crippen LogP contribution in [-0.4, -0.2) is 56.0 Å². The zero-order valence-corrected chi connectivity index (χ0v) is 16.7. The highest BCUT2D eigenvalue weighted by Gasteiger charge is 2.24. The molecule has 0 aliphatic heterocycles. The molecule has 1 heterocycles. The van der Waals surface area contributed by atoms with Crippen LogP contribution in [0.4, 0.5) is 10.5 Å². The number of hydrogen-bond donors (Lipinski definition) is 3. The Morgan fingerprint density at radius 2 is 1.92 bits per heavy atom. The van der Waals surface area contributed by atoms with Crippen LogP contribution in [0.2, 0.25) is 0 Å². The molecule has 0 bridgehead atoms. The molecule has 1 aromatic rings. The number of ether oxygens (including phenoxy) is 1. The lowest BCUT2D eigenvalue weighted by Gasteiger charge is -2.21. The molecule has 2 amide bonds. The van der Waals surface area contributed by atoms with Crippen LogP contribution in [0.3, 0.4) is 0 Å². The third kappa shape index (κ3) is 6.95. The van der Waals surface area contributed by atoms with Gasteiger partial charge in [0.25, 0.3) is 0 Å². The quantitative estimate of drug-likeness (QED) is 0.651. The highest BCUT2D eigenvalue weighted by atomic mass is 32.2. The summed E-state index contributed by atoms with van der Waals surface area (Å²) in [5.41, 5.74) is 1.47. The molecule has 0 aliphatic carbocycles. The third-order valence-corrected chi connectivity index (χ3v) is 4.32. The molecule has 0 aliphatic rings. The van der Waals surface area contributed by atoms with E-state index in [1.165, 1.54) is 0 Å². The standard InChI is InChI=1S/C16H26N4O5S/c1-9-13(10(2)20(6)19-9)18-12(21)8-26-7-11(14(22)23)17-15(24)25-16(3,4)5/h11H,7-8H2,1-6H3,(H,17,24)(H,18,21)(H,22,23). The number of carbonyl (C=O) groups excluding carboxylic acids is 2. The van der Waals surface area contributed by atoms with Gasteiger partial charge in [0.15, 0.2) is 0 Å². The number of amides is 2. The van der Waals surface area contributed by atoms with Gasteiger partial charge in [-0.05, 0) is 34.6 Å². The minimum Gasteiger partial charge on any atom is -0.480 e.